The summed E-state index contributed by atoms with van der Waals surface area (Å²) in [7, 11) is 0. The van der Waals surface area contributed by atoms with Gasteiger partial charge >= 0.3 is 0 Å². The average Bonchev–Trinajstić information content (AvgIpc) is 3.35. The van der Waals surface area contributed by atoms with Gasteiger partial charge in [0.25, 0.3) is 11.5 Å². The largest absolute Gasteiger partial charge is 0.292 e. The van der Waals surface area contributed by atoms with Crippen LogP contribution in [0.5, 0.6) is 0 Å². The highest BCUT2D eigenvalue weighted by Crippen LogP contribution is 2.22. The topological polar surface area (TPSA) is 94.2 Å². The Balaban J connectivity index is 1.48. The highest BCUT2D eigenvalue weighted by atomic mass is 16.2. The number of rotatable bonds is 7. The molecule has 0 aliphatic rings. The number of amides is 1. The smallest absolute Gasteiger partial charge is 0.267 e. The fourth-order valence-electron chi connectivity index (χ4n) is 3.99. The maximum Gasteiger partial charge on any atom is 0.292 e. The normalized spacial score (nSPS) is 11.2. The molecule has 178 valence electrons. The van der Waals surface area contributed by atoms with Crippen LogP contribution in [-0.2, 0) is 6.54 Å². The molecule has 8 nitrogen and oxygen atoms in total. The summed E-state index contributed by atoms with van der Waals surface area (Å²) < 4.78 is 3.11. The van der Waals surface area contributed by atoms with Gasteiger partial charge in [0.15, 0.2) is 5.69 Å². The predicted molar refractivity (Wildman–Crippen MR) is 140 cm³/mol. The number of hydrazone groups is 1. The number of hydrogen-bond acceptors (Lipinski definition) is 5. The lowest BCUT2D eigenvalue weighted by molar-refractivity contribution is 0.0949. The van der Waals surface area contributed by atoms with Gasteiger partial charge in [-0.15, -0.1) is 0 Å². The SMILES string of the molecule is CCCn1nc(C(=O)N/N=C/c2cn(-c3ccccc3)nc2-c2ccccc2)c2ccccc2c1=O. The van der Waals surface area contributed by atoms with Crippen molar-refractivity contribution in [3.05, 3.63) is 113 Å². The van der Waals surface area contributed by atoms with Crippen LogP contribution in [0.3, 0.4) is 0 Å². The first-order valence-electron chi connectivity index (χ1n) is 11.7. The van der Waals surface area contributed by atoms with E-state index in [1.54, 1.807) is 35.2 Å². The second-order valence-electron chi connectivity index (χ2n) is 8.20. The van der Waals surface area contributed by atoms with Gasteiger partial charge in [-0.25, -0.2) is 14.8 Å². The molecule has 36 heavy (non-hydrogen) atoms. The van der Waals surface area contributed by atoms with E-state index in [0.717, 1.165) is 28.9 Å². The number of fused-ring (bicyclic) bond motifs is 1. The molecule has 1 amide bonds. The second kappa shape index (κ2) is 10.2. The van der Waals surface area contributed by atoms with Crippen molar-refractivity contribution in [2.24, 2.45) is 5.10 Å². The Bertz CT molecular complexity index is 1600. The Hall–Kier alpha value is -4.85. The lowest BCUT2D eigenvalue weighted by Crippen LogP contribution is -2.29. The van der Waals surface area contributed by atoms with E-state index in [1.165, 1.54) is 4.68 Å². The number of hydrogen-bond donors (Lipinski definition) is 1. The summed E-state index contributed by atoms with van der Waals surface area (Å²) in [6.07, 6.45) is 4.15. The van der Waals surface area contributed by atoms with Gasteiger partial charge in [0.2, 0.25) is 0 Å². The lowest BCUT2D eigenvalue weighted by Gasteiger charge is -2.09. The van der Waals surface area contributed by atoms with Crippen LogP contribution in [0.15, 0.2) is 101 Å². The van der Waals surface area contributed by atoms with Gasteiger partial charge in [-0.05, 0) is 24.6 Å². The van der Waals surface area contributed by atoms with Crippen molar-refractivity contribution >= 4 is 22.9 Å². The van der Waals surface area contributed by atoms with Gasteiger partial charge in [-0.1, -0.05) is 73.7 Å². The summed E-state index contributed by atoms with van der Waals surface area (Å²) in [4.78, 5) is 25.8. The van der Waals surface area contributed by atoms with E-state index in [0.29, 0.717) is 17.3 Å². The molecule has 8 heteroatoms. The first kappa shape index (κ1) is 22.9. The third kappa shape index (κ3) is 4.56. The Morgan fingerprint density at radius 1 is 0.917 bits per heavy atom. The Labute approximate surface area is 207 Å². The maximum absolute atomic E-state index is 13.1. The Kier molecular flexibility index (Phi) is 6.48. The van der Waals surface area contributed by atoms with Crippen LogP contribution < -0.4 is 11.0 Å². The van der Waals surface area contributed by atoms with Gasteiger partial charge in [-0.3, -0.25) is 9.59 Å². The van der Waals surface area contributed by atoms with Crippen molar-refractivity contribution < 1.29 is 4.79 Å². The number of nitrogens with one attached hydrogen (secondary N) is 1. The molecular weight excluding hydrogens is 452 g/mol. The zero-order valence-corrected chi connectivity index (χ0v) is 19.7. The first-order valence-corrected chi connectivity index (χ1v) is 11.7. The molecule has 0 radical (unpaired) electrons. The van der Waals surface area contributed by atoms with E-state index in [9.17, 15) is 9.59 Å². The molecular formula is C28H24N6O2. The van der Waals surface area contributed by atoms with Crippen LogP contribution in [0.2, 0.25) is 0 Å². The van der Waals surface area contributed by atoms with Crippen molar-refractivity contribution in [1.82, 2.24) is 25.0 Å². The van der Waals surface area contributed by atoms with Gasteiger partial charge in [0.05, 0.1) is 17.3 Å². The molecule has 1 N–H and O–H groups in total. The number of aromatic nitrogens is 4. The molecule has 0 atom stereocenters. The van der Waals surface area contributed by atoms with Crippen molar-refractivity contribution in [3.63, 3.8) is 0 Å². The van der Waals surface area contributed by atoms with Crippen LogP contribution in [0.1, 0.15) is 29.4 Å². The minimum atomic E-state index is -0.496. The lowest BCUT2D eigenvalue weighted by atomic mass is 10.1. The summed E-state index contributed by atoms with van der Waals surface area (Å²) in [6, 6.07) is 26.5. The minimum absolute atomic E-state index is 0.152. The number of benzene rings is 3. The van der Waals surface area contributed by atoms with Crippen LogP contribution in [0.4, 0.5) is 0 Å². The fraction of sp³-hybridized carbons (Fsp3) is 0.107. The summed E-state index contributed by atoms with van der Waals surface area (Å²) in [5.41, 5.74) is 5.82. The summed E-state index contributed by atoms with van der Waals surface area (Å²) in [6.45, 7) is 2.37. The number of nitrogens with zero attached hydrogens (tertiary/aromatic N) is 5. The van der Waals surface area contributed by atoms with Crippen LogP contribution in [0, 0.1) is 0 Å². The maximum atomic E-state index is 13.1. The van der Waals surface area contributed by atoms with Crippen molar-refractivity contribution in [1.29, 1.82) is 0 Å². The van der Waals surface area contributed by atoms with Gasteiger partial charge in [-0.2, -0.15) is 15.3 Å². The summed E-state index contributed by atoms with van der Waals surface area (Å²) in [5, 5.41) is 14.2. The molecule has 3 aromatic carbocycles. The predicted octanol–water partition coefficient (Wildman–Crippen LogP) is 4.42. The second-order valence-corrected chi connectivity index (χ2v) is 8.20. The standard InChI is InChI=1S/C28H24N6O2/c1-2-17-33-28(36)24-16-10-9-15-23(24)26(32-33)27(35)30-29-18-21-19-34(22-13-7-4-8-14-22)31-25(21)20-11-5-3-6-12-20/h3-16,18-19H,2,17H2,1H3,(H,30,35)/b29-18+. The number of carbonyl (C=O) groups excluding carboxylic acids is 1. The van der Waals surface area contributed by atoms with Crippen LogP contribution >= 0.6 is 0 Å². The zero-order valence-electron chi connectivity index (χ0n) is 19.7. The molecule has 0 saturated heterocycles. The fourth-order valence-corrected chi connectivity index (χ4v) is 3.99. The molecule has 0 bridgehead atoms. The Morgan fingerprint density at radius 3 is 2.31 bits per heavy atom. The molecule has 0 spiro atoms. The van der Waals surface area contributed by atoms with E-state index in [1.807, 2.05) is 73.8 Å². The van der Waals surface area contributed by atoms with Crippen molar-refractivity contribution in [3.8, 4) is 16.9 Å². The monoisotopic (exact) mass is 476 g/mol. The van der Waals surface area contributed by atoms with Crippen LogP contribution in [0.25, 0.3) is 27.7 Å². The quantitative estimate of drug-likeness (QED) is 0.278. The highest BCUT2D eigenvalue weighted by Gasteiger charge is 2.16. The molecule has 5 rings (SSSR count). The van der Waals surface area contributed by atoms with Gasteiger partial charge < -0.3 is 0 Å². The Morgan fingerprint density at radius 2 is 1.58 bits per heavy atom. The molecule has 0 unspecified atom stereocenters. The van der Waals surface area contributed by atoms with Crippen LogP contribution in [-0.4, -0.2) is 31.7 Å². The van der Waals surface area contributed by atoms with E-state index in [4.69, 9.17) is 5.10 Å². The van der Waals surface area contributed by atoms with E-state index in [-0.39, 0.29) is 11.3 Å². The number of carbonyl (C=O) groups is 1. The zero-order chi connectivity index (χ0) is 24.9. The third-order valence-electron chi connectivity index (χ3n) is 5.70. The highest BCUT2D eigenvalue weighted by molar-refractivity contribution is 6.05. The molecule has 2 heterocycles. The summed E-state index contributed by atoms with van der Waals surface area (Å²) in [5.74, 6) is -0.496. The number of para-hydroxylation sites is 1. The van der Waals surface area contributed by atoms with Crippen molar-refractivity contribution in [2.75, 3.05) is 0 Å². The van der Waals surface area contributed by atoms with Gasteiger partial charge in [0.1, 0.15) is 5.69 Å². The number of aryl methyl sites for hydroxylation is 1. The van der Waals surface area contributed by atoms with Crippen molar-refractivity contribution in [2.45, 2.75) is 19.9 Å². The molecule has 0 aliphatic heterocycles. The first-order chi connectivity index (χ1) is 17.7. The van der Waals surface area contributed by atoms with Gasteiger partial charge in [0, 0.05) is 29.3 Å². The van der Waals surface area contributed by atoms with E-state index < -0.39 is 5.91 Å². The van der Waals surface area contributed by atoms with E-state index >= 15 is 0 Å². The minimum Gasteiger partial charge on any atom is -0.267 e. The molecule has 0 saturated carbocycles. The third-order valence-corrected chi connectivity index (χ3v) is 5.70. The molecule has 5 aromatic rings. The molecule has 0 aliphatic carbocycles. The average molecular weight is 477 g/mol. The molecule has 2 aromatic heterocycles. The molecule has 0 fully saturated rings. The van der Waals surface area contributed by atoms with E-state index in [2.05, 4.69) is 15.6 Å². The summed E-state index contributed by atoms with van der Waals surface area (Å²) >= 11 is 0.